The standard InChI is InChI=1S/C21H33NO2/c1-16-8-7-13-20(2,22(3)4)21(16,23)18-11-6-12-19(14-18)24-15-17-9-5-10-17/h6,11-12,14,16-17,23H,5,7-10,13,15H2,1-4H3. The van der Waals surface area contributed by atoms with E-state index in [1.54, 1.807) is 0 Å². The third-order valence-electron chi connectivity index (χ3n) is 6.81. The number of benzene rings is 1. The van der Waals surface area contributed by atoms with Gasteiger partial charge in [-0.3, -0.25) is 0 Å². The Bertz CT molecular complexity index is 569. The Morgan fingerprint density at radius 1 is 1.21 bits per heavy atom. The molecule has 2 fully saturated rings. The average molecular weight is 332 g/mol. The van der Waals surface area contributed by atoms with Gasteiger partial charge < -0.3 is 14.7 Å². The molecule has 0 radical (unpaired) electrons. The molecule has 1 aromatic rings. The monoisotopic (exact) mass is 331 g/mol. The quantitative estimate of drug-likeness (QED) is 0.878. The highest BCUT2D eigenvalue weighted by Crippen LogP contribution is 2.50. The van der Waals surface area contributed by atoms with Gasteiger partial charge in [0.2, 0.25) is 0 Å². The summed E-state index contributed by atoms with van der Waals surface area (Å²) in [5.74, 6) is 1.84. The summed E-state index contributed by atoms with van der Waals surface area (Å²) in [4.78, 5) is 2.20. The van der Waals surface area contributed by atoms with Crippen molar-refractivity contribution in [1.82, 2.24) is 4.90 Å². The van der Waals surface area contributed by atoms with Crippen LogP contribution in [-0.4, -0.2) is 36.2 Å². The van der Waals surface area contributed by atoms with Gasteiger partial charge in [0, 0.05) is 0 Å². The largest absolute Gasteiger partial charge is 0.493 e. The Balaban J connectivity index is 1.88. The zero-order chi connectivity index (χ0) is 17.4. The van der Waals surface area contributed by atoms with Gasteiger partial charge in [-0.05, 0) is 76.2 Å². The van der Waals surface area contributed by atoms with Crippen LogP contribution in [0, 0.1) is 11.8 Å². The average Bonchev–Trinajstić information content (AvgIpc) is 2.51. The van der Waals surface area contributed by atoms with Crippen LogP contribution in [0.1, 0.15) is 57.9 Å². The first-order valence-corrected chi connectivity index (χ1v) is 9.51. The highest BCUT2D eigenvalue weighted by molar-refractivity contribution is 5.36. The molecule has 24 heavy (non-hydrogen) atoms. The summed E-state index contributed by atoms with van der Waals surface area (Å²) in [6.07, 6.45) is 7.16. The molecule has 134 valence electrons. The number of ether oxygens (including phenoxy) is 1. The van der Waals surface area contributed by atoms with E-state index >= 15 is 0 Å². The summed E-state index contributed by atoms with van der Waals surface area (Å²) in [5, 5.41) is 11.9. The van der Waals surface area contributed by atoms with Crippen LogP contribution in [0.3, 0.4) is 0 Å². The van der Waals surface area contributed by atoms with Crippen LogP contribution in [0.4, 0.5) is 0 Å². The number of hydrogen-bond donors (Lipinski definition) is 1. The Kier molecular flexibility index (Phi) is 4.94. The van der Waals surface area contributed by atoms with Crippen molar-refractivity contribution >= 4 is 0 Å². The molecule has 3 heteroatoms. The lowest BCUT2D eigenvalue weighted by Gasteiger charge is -2.55. The summed E-state index contributed by atoms with van der Waals surface area (Å²) in [5.41, 5.74) is -0.126. The van der Waals surface area contributed by atoms with E-state index in [2.05, 4.69) is 45.0 Å². The van der Waals surface area contributed by atoms with E-state index in [0.29, 0.717) is 0 Å². The summed E-state index contributed by atoms with van der Waals surface area (Å²) >= 11 is 0. The summed E-state index contributed by atoms with van der Waals surface area (Å²) < 4.78 is 6.03. The second-order valence-electron chi connectivity index (χ2n) is 8.36. The molecule has 3 nitrogen and oxygen atoms in total. The number of aliphatic hydroxyl groups is 1. The Hall–Kier alpha value is -1.06. The maximum Gasteiger partial charge on any atom is 0.119 e. The van der Waals surface area contributed by atoms with Crippen LogP contribution in [0.25, 0.3) is 0 Å². The van der Waals surface area contributed by atoms with E-state index in [4.69, 9.17) is 4.74 Å². The molecule has 0 aliphatic heterocycles. The van der Waals surface area contributed by atoms with Crippen molar-refractivity contribution in [1.29, 1.82) is 0 Å². The number of rotatable bonds is 5. The summed E-state index contributed by atoms with van der Waals surface area (Å²) in [6.45, 7) is 5.19. The minimum Gasteiger partial charge on any atom is -0.493 e. The fourth-order valence-corrected chi connectivity index (χ4v) is 4.54. The maximum atomic E-state index is 11.9. The van der Waals surface area contributed by atoms with Gasteiger partial charge in [-0.25, -0.2) is 0 Å². The molecule has 3 atom stereocenters. The lowest BCUT2D eigenvalue weighted by molar-refractivity contribution is -0.155. The topological polar surface area (TPSA) is 32.7 Å². The van der Waals surface area contributed by atoms with Gasteiger partial charge in [-0.1, -0.05) is 31.9 Å². The SMILES string of the molecule is CC1CCCC(C)(N(C)C)C1(O)c1cccc(OCC2CCC2)c1. The highest BCUT2D eigenvalue weighted by Gasteiger charge is 2.54. The predicted molar refractivity (Wildman–Crippen MR) is 98.3 cm³/mol. The normalized spacial score (nSPS) is 34.2. The molecule has 2 saturated carbocycles. The maximum absolute atomic E-state index is 11.9. The highest BCUT2D eigenvalue weighted by atomic mass is 16.5. The number of likely N-dealkylation sites (N-methyl/N-ethyl adjacent to an activating group) is 1. The molecule has 2 aliphatic carbocycles. The third-order valence-corrected chi connectivity index (χ3v) is 6.81. The van der Waals surface area contributed by atoms with Gasteiger partial charge >= 0.3 is 0 Å². The van der Waals surface area contributed by atoms with Crippen LogP contribution >= 0.6 is 0 Å². The van der Waals surface area contributed by atoms with Gasteiger partial charge in [0.05, 0.1) is 12.1 Å². The van der Waals surface area contributed by atoms with E-state index in [0.717, 1.165) is 43.1 Å². The van der Waals surface area contributed by atoms with E-state index in [1.165, 1.54) is 19.3 Å². The first kappa shape index (κ1) is 17.8. The van der Waals surface area contributed by atoms with Gasteiger partial charge in [0.15, 0.2) is 0 Å². The van der Waals surface area contributed by atoms with Crippen LogP contribution in [0.5, 0.6) is 5.75 Å². The van der Waals surface area contributed by atoms with Crippen molar-refractivity contribution in [2.24, 2.45) is 11.8 Å². The fourth-order valence-electron chi connectivity index (χ4n) is 4.54. The van der Waals surface area contributed by atoms with E-state index in [-0.39, 0.29) is 11.5 Å². The van der Waals surface area contributed by atoms with E-state index in [1.807, 2.05) is 12.1 Å². The minimum atomic E-state index is -0.857. The van der Waals surface area contributed by atoms with E-state index < -0.39 is 5.60 Å². The van der Waals surface area contributed by atoms with Crippen molar-refractivity contribution < 1.29 is 9.84 Å². The molecule has 0 aromatic heterocycles. The van der Waals surface area contributed by atoms with Gasteiger partial charge in [-0.2, -0.15) is 0 Å². The van der Waals surface area contributed by atoms with E-state index in [9.17, 15) is 5.11 Å². The zero-order valence-corrected chi connectivity index (χ0v) is 15.7. The molecule has 1 N–H and O–H groups in total. The molecule has 3 rings (SSSR count). The Labute approximate surface area is 147 Å². The fraction of sp³-hybridized carbons (Fsp3) is 0.714. The van der Waals surface area contributed by atoms with Crippen molar-refractivity contribution in [3.63, 3.8) is 0 Å². The third kappa shape index (κ3) is 2.86. The first-order chi connectivity index (χ1) is 11.4. The predicted octanol–water partition coefficient (Wildman–Crippen LogP) is 4.19. The van der Waals surface area contributed by atoms with Crippen molar-refractivity contribution in [2.75, 3.05) is 20.7 Å². The molecule has 2 aliphatic rings. The molecular weight excluding hydrogens is 298 g/mol. The number of hydrogen-bond acceptors (Lipinski definition) is 3. The molecule has 0 saturated heterocycles. The molecule has 0 spiro atoms. The molecule has 0 heterocycles. The molecule has 0 bridgehead atoms. The van der Waals surface area contributed by atoms with Gasteiger partial charge in [0.1, 0.15) is 11.4 Å². The van der Waals surface area contributed by atoms with Crippen molar-refractivity contribution in [3.8, 4) is 5.75 Å². The van der Waals surface area contributed by atoms with Gasteiger partial charge in [-0.15, -0.1) is 0 Å². The summed E-state index contributed by atoms with van der Waals surface area (Å²) in [7, 11) is 4.17. The lowest BCUT2D eigenvalue weighted by Crippen LogP contribution is -2.63. The van der Waals surface area contributed by atoms with Crippen LogP contribution in [-0.2, 0) is 5.60 Å². The molecule has 3 unspecified atom stereocenters. The van der Waals surface area contributed by atoms with Crippen LogP contribution in [0.15, 0.2) is 24.3 Å². The molecular formula is C21H33NO2. The van der Waals surface area contributed by atoms with Crippen LogP contribution < -0.4 is 4.74 Å². The second-order valence-corrected chi connectivity index (χ2v) is 8.36. The zero-order valence-electron chi connectivity index (χ0n) is 15.7. The van der Waals surface area contributed by atoms with Crippen molar-refractivity contribution in [3.05, 3.63) is 29.8 Å². The van der Waals surface area contributed by atoms with Gasteiger partial charge in [0.25, 0.3) is 0 Å². The Morgan fingerprint density at radius 3 is 2.58 bits per heavy atom. The lowest BCUT2D eigenvalue weighted by atomic mass is 9.61. The smallest absolute Gasteiger partial charge is 0.119 e. The second kappa shape index (κ2) is 6.68. The van der Waals surface area contributed by atoms with Crippen molar-refractivity contribution in [2.45, 2.75) is 63.5 Å². The first-order valence-electron chi connectivity index (χ1n) is 9.51. The molecule has 0 amide bonds. The molecule has 1 aromatic carbocycles. The summed E-state index contributed by atoms with van der Waals surface area (Å²) in [6, 6.07) is 8.19. The minimum absolute atomic E-state index is 0.223. The Morgan fingerprint density at radius 2 is 1.96 bits per heavy atom. The number of nitrogens with zero attached hydrogens (tertiary/aromatic N) is 1. The van der Waals surface area contributed by atoms with Crippen LogP contribution in [0.2, 0.25) is 0 Å².